The monoisotopic (exact) mass is 413 g/mol. The lowest BCUT2D eigenvalue weighted by molar-refractivity contribution is 0.649. The highest BCUT2D eigenvalue weighted by Gasteiger charge is 2.19. The Hall–Kier alpha value is -1.55. The maximum Gasteiger partial charge on any atom is 0.0571 e. The highest BCUT2D eigenvalue weighted by atomic mass is 127. The van der Waals surface area contributed by atoms with Gasteiger partial charge in [-0.3, -0.25) is 0 Å². The fourth-order valence-corrected chi connectivity index (χ4v) is 4.73. The van der Waals surface area contributed by atoms with Gasteiger partial charge in [-0.2, -0.15) is 0 Å². The van der Waals surface area contributed by atoms with Crippen LogP contribution in [0.25, 0.3) is 32.6 Å². The van der Waals surface area contributed by atoms with Gasteiger partial charge in [0.1, 0.15) is 0 Å². The molecule has 0 saturated heterocycles. The van der Waals surface area contributed by atoms with Crippen molar-refractivity contribution in [2.24, 2.45) is 13.0 Å². The quantitative estimate of drug-likeness (QED) is 0.341. The Kier molecular flexibility index (Phi) is 3.60. The molecule has 3 aromatic carbocycles. The van der Waals surface area contributed by atoms with Crippen molar-refractivity contribution in [3.63, 3.8) is 0 Å². The fourth-order valence-electron chi connectivity index (χ4n) is 3.77. The Labute approximate surface area is 150 Å². The predicted octanol–water partition coefficient (Wildman–Crippen LogP) is 6.29. The summed E-state index contributed by atoms with van der Waals surface area (Å²) in [5.74, 6) is 0.645. The van der Waals surface area contributed by atoms with E-state index in [1.54, 1.807) is 0 Å². The van der Waals surface area contributed by atoms with Crippen molar-refractivity contribution in [3.8, 4) is 0 Å². The Bertz CT molecular complexity index is 1040. The van der Waals surface area contributed by atoms with Crippen molar-refractivity contribution < 1.29 is 0 Å². The molecular weight excluding hydrogens is 393 g/mol. The number of aromatic nitrogens is 1. The summed E-state index contributed by atoms with van der Waals surface area (Å²) < 4.78 is 3.78. The number of para-hydroxylation sites is 1. The minimum atomic E-state index is 0.645. The van der Waals surface area contributed by atoms with Crippen LogP contribution in [0, 0.1) is 9.49 Å². The van der Waals surface area contributed by atoms with Gasteiger partial charge in [-0.05, 0) is 51.9 Å². The highest BCUT2D eigenvalue weighted by molar-refractivity contribution is 14.1. The SMILES string of the molecule is CC(C)Cc1c(I)c2ccccc2c2c1c1ccccc1n2C. The summed E-state index contributed by atoms with van der Waals surface area (Å²) in [4.78, 5) is 0. The first-order valence-corrected chi connectivity index (χ1v) is 9.23. The first kappa shape index (κ1) is 15.0. The maximum absolute atomic E-state index is 2.55. The van der Waals surface area contributed by atoms with Gasteiger partial charge in [0.25, 0.3) is 0 Å². The van der Waals surface area contributed by atoms with Crippen molar-refractivity contribution >= 4 is 55.2 Å². The molecule has 0 N–H and O–H groups in total. The van der Waals surface area contributed by atoms with Crippen molar-refractivity contribution in [1.29, 1.82) is 0 Å². The molecular formula is C21H20IN. The van der Waals surface area contributed by atoms with Crippen LogP contribution in [0.3, 0.4) is 0 Å². The van der Waals surface area contributed by atoms with Gasteiger partial charge in [0.15, 0.2) is 0 Å². The first-order chi connectivity index (χ1) is 11.1. The third-order valence-electron chi connectivity index (χ3n) is 4.70. The van der Waals surface area contributed by atoms with Gasteiger partial charge >= 0.3 is 0 Å². The maximum atomic E-state index is 2.55. The Morgan fingerprint density at radius 1 is 0.913 bits per heavy atom. The highest BCUT2D eigenvalue weighted by Crippen LogP contribution is 2.40. The summed E-state index contributed by atoms with van der Waals surface area (Å²) in [6.07, 6.45) is 1.12. The zero-order valence-corrected chi connectivity index (χ0v) is 15.9. The second kappa shape index (κ2) is 5.52. The topological polar surface area (TPSA) is 4.93 Å². The number of nitrogens with zero attached hydrogens (tertiary/aromatic N) is 1. The van der Waals surface area contributed by atoms with Crippen LogP contribution in [0.1, 0.15) is 19.4 Å². The Balaban J connectivity index is 2.33. The standard InChI is InChI=1S/C21H20IN/c1-13(2)12-17-19-16-10-6-7-11-18(16)23(3)21(19)15-9-5-4-8-14(15)20(17)22/h4-11,13H,12H2,1-3H3. The number of benzene rings is 3. The number of aryl methyl sites for hydroxylation is 1. The summed E-state index contributed by atoms with van der Waals surface area (Å²) in [6, 6.07) is 17.6. The average molecular weight is 413 g/mol. The number of halogens is 1. The Morgan fingerprint density at radius 3 is 2.22 bits per heavy atom. The van der Waals surface area contributed by atoms with E-state index >= 15 is 0 Å². The molecule has 0 fully saturated rings. The molecule has 4 aromatic rings. The molecule has 1 heterocycles. The lowest BCUT2D eigenvalue weighted by atomic mass is 9.94. The lowest BCUT2D eigenvalue weighted by Gasteiger charge is -2.14. The predicted molar refractivity (Wildman–Crippen MR) is 109 cm³/mol. The number of hydrogen-bond donors (Lipinski definition) is 0. The molecule has 0 bridgehead atoms. The summed E-state index contributed by atoms with van der Waals surface area (Å²) >= 11 is 2.55. The van der Waals surface area contributed by atoms with Gasteiger partial charge in [0.2, 0.25) is 0 Å². The van der Waals surface area contributed by atoms with Gasteiger partial charge in [-0.15, -0.1) is 0 Å². The van der Waals surface area contributed by atoms with Gasteiger partial charge in [-0.25, -0.2) is 0 Å². The molecule has 0 radical (unpaired) electrons. The molecule has 1 nitrogen and oxygen atoms in total. The molecule has 0 aliphatic carbocycles. The second-order valence-electron chi connectivity index (χ2n) is 6.74. The first-order valence-electron chi connectivity index (χ1n) is 8.15. The number of fused-ring (bicyclic) bond motifs is 5. The van der Waals surface area contributed by atoms with Crippen LogP contribution < -0.4 is 0 Å². The average Bonchev–Trinajstić information content (AvgIpc) is 2.85. The zero-order valence-electron chi connectivity index (χ0n) is 13.7. The van der Waals surface area contributed by atoms with E-state index in [2.05, 4.69) is 96.6 Å². The molecule has 0 atom stereocenters. The summed E-state index contributed by atoms with van der Waals surface area (Å²) in [6.45, 7) is 4.62. The van der Waals surface area contributed by atoms with E-state index in [4.69, 9.17) is 0 Å². The molecule has 0 aliphatic rings. The van der Waals surface area contributed by atoms with E-state index in [9.17, 15) is 0 Å². The zero-order chi connectivity index (χ0) is 16.1. The molecule has 0 amide bonds. The van der Waals surface area contributed by atoms with E-state index in [0.717, 1.165) is 6.42 Å². The van der Waals surface area contributed by atoms with E-state index in [0.29, 0.717) is 5.92 Å². The van der Waals surface area contributed by atoms with Crippen LogP contribution in [-0.4, -0.2) is 4.57 Å². The van der Waals surface area contributed by atoms with Gasteiger partial charge in [0, 0.05) is 32.3 Å². The fraction of sp³-hybridized carbons (Fsp3) is 0.238. The molecule has 0 saturated carbocycles. The molecule has 0 spiro atoms. The van der Waals surface area contributed by atoms with Gasteiger partial charge in [0.05, 0.1) is 5.52 Å². The van der Waals surface area contributed by atoms with Crippen LogP contribution in [0.2, 0.25) is 0 Å². The third kappa shape index (κ3) is 2.18. The normalized spacial score (nSPS) is 12.0. The van der Waals surface area contributed by atoms with Crippen molar-refractivity contribution in [3.05, 3.63) is 57.7 Å². The Morgan fingerprint density at radius 2 is 1.52 bits per heavy atom. The van der Waals surface area contributed by atoms with E-state index in [1.165, 1.54) is 41.7 Å². The number of hydrogen-bond acceptors (Lipinski definition) is 0. The van der Waals surface area contributed by atoms with Crippen LogP contribution >= 0.6 is 22.6 Å². The second-order valence-corrected chi connectivity index (χ2v) is 7.81. The van der Waals surface area contributed by atoms with Crippen molar-refractivity contribution in [1.82, 2.24) is 4.57 Å². The van der Waals surface area contributed by atoms with Crippen molar-refractivity contribution in [2.45, 2.75) is 20.3 Å². The largest absolute Gasteiger partial charge is 0.343 e. The third-order valence-corrected chi connectivity index (χ3v) is 5.94. The lowest BCUT2D eigenvalue weighted by Crippen LogP contribution is -2.00. The smallest absolute Gasteiger partial charge is 0.0571 e. The molecule has 1 aromatic heterocycles. The summed E-state index contributed by atoms with van der Waals surface area (Å²) in [7, 11) is 2.20. The summed E-state index contributed by atoms with van der Waals surface area (Å²) in [5.41, 5.74) is 4.20. The molecule has 2 heteroatoms. The molecule has 23 heavy (non-hydrogen) atoms. The minimum absolute atomic E-state index is 0.645. The van der Waals surface area contributed by atoms with Crippen LogP contribution in [0.5, 0.6) is 0 Å². The molecule has 0 aliphatic heterocycles. The van der Waals surface area contributed by atoms with Gasteiger partial charge in [-0.1, -0.05) is 56.3 Å². The van der Waals surface area contributed by atoms with Crippen LogP contribution in [-0.2, 0) is 13.5 Å². The van der Waals surface area contributed by atoms with Gasteiger partial charge < -0.3 is 4.57 Å². The molecule has 4 rings (SSSR count). The number of rotatable bonds is 2. The van der Waals surface area contributed by atoms with E-state index < -0.39 is 0 Å². The molecule has 0 unspecified atom stereocenters. The molecule has 116 valence electrons. The van der Waals surface area contributed by atoms with Crippen LogP contribution in [0.15, 0.2) is 48.5 Å². The van der Waals surface area contributed by atoms with Crippen molar-refractivity contribution in [2.75, 3.05) is 0 Å². The van der Waals surface area contributed by atoms with E-state index in [1.807, 2.05) is 0 Å². The van der Waals surface area contributed by atoms with E-state index in [-0.39, 0.29) is 0 Å². The van der Waals surface area contributed by atoms with Crippen LogP contribution in [0.4, 0.5) is 0 Å². The summed E-state index contributed by atoms with van der Waals surface area (Å²) in [5, 5.41) is 5.56. The minimum Gasteiger partial charge on any atom is -0.343 e.